The number of nitrogens with zero attached hydrogens (tertiary/aromatic N) is 2. The van der Waals surface area contributed by atoms with Gasteiger partial charge in [0.05, 0.1) is 31.5 Å². The number of amides is 2. The molecule has 2 aliphatic rings. The van der Waals surface area contributed by atoms with E-state index in [1.807, 2.05) is 48.7 Å². The van der Waals surface area contributed by atoms with Gasteiger partial charge in [-0.05, 0) is 38.7 Å². The molecule has 1 aromatic carbocycles. The smallest absolute Gasteiger partial charge is 0.271 e. The summed E-state index contributed by atoms with van der Waals surface area (Å²) < 4.78 is 13.3. The van der Waals surface area contributed by atoms with E-state index >= 15 is 0 Å². The Balaban J connectivity index is 1.54. The van der Waals surface area contributed by atoms with Crippen molar-refractivity contribution in [3.8, 4) is 5.75 Å². The van der Waals surface area contributed by atoms with Crippen LogP contribution in [0.25, 0.3) is 11.1 Å². The monoisotopic (exact) mass is 463 g/mol. The summed E-state index contributed by atoms with van der Waals surface area (Å²) in [7, 11) is 0. The lowest BCUT2D eigenvalue weighted by atomic mass is 9.85. The van der Waals surface area contributed by atoms with E-state index in [9.17, 15) is 9.59 Å². The molecule has 7 nitrogen and oxygen atoms in total. The van der Waals surface area contributed by atoms with Gasteiger partial charge in [0.1, 0.15) is 17.0 Å². The maximum absolute atomic E-state index is 13.9. The fraction of sp³-hybridized carbons (Fsp3) is 0.481. The van der Waals surface area contributed by atoms with Gasteiger partial charge in [-0.15, -0.1) is 0 Å². The first-order valence-electron chi connectivity index (χ1n) is 12.3. The number of hydrogen-bond donors (Lipinski definition) is 1. The first-order valence-corrected chi connectivity index (χ1v) is 12.3. The van der Waals surface area contributed by atoms with Gasteiger partial charge in [-0.3, -0.25) is 9.59 Å². The fourth-order valence-corrected chi connectivity index (χ4v) is 5.48. The Morgan fingerprint density at radius 1 is 1.24 bits per heavy atom. The molecule has 0 bridgehead atoms. The van der Waals surface area contributed by atoms with Gasteiger partial charge in [-0.2, -0.15) is 0 Å². The normalized spacial score (nSPS) is 24.8. The molecule has 3 aromatic rings. The zero-order valence-corrected chi connectivity index (χ0v) is 20.2. The highest BCUT2D eigenvalue weighted by atomic mass is 16.5. The van der Waals surface area contributed by atoms with Crippen molar-refractivity contribution >= 4 is 22.9 Å². The summed E-state index contributed by atoms with van der Waals surface area (Å²) in [5.74, 6) is 0.870. The van der Waals surface area contributed by atoms with E-state index in [4.69, 9.17) is 9.15 Å². The molecule has 2 amide bonds. The van der Waals surface area contributed by atoms with Gasteiger partial charge < -0.3 is 23.9 Å². The number of benzene rings is 1. The van der Waals surface area contributed by atoms with Gasteiger partial charge in [0.2, 0.25) is 5.91 Å². The molecule has 180 valence electrons. The molecule has 7 heteroatoms. The lowest BCUT2D eigenvalue weighted by Crippen LogP contribution is -2.65. The molecule has 0 radical (unpaired) electrons. The number of nitrogens with one attached hydrogen (secondary N) is 1. The molecule has 1 aliphatic carbocycles. The highest BCUT2D eigenvalue weighted by Crippen LogP contribution is 2.35. The van der Waals surface area contributed by atoms with E-state index in [-0.39, 0.29) is 24.4 Å². The van der Waals surface area contributed by atoms with Crippen LogP contribution < -0.4 is 10.1 Å². The Labute approximate surface area is 200 Å². The van der Waals surface area contributed by atoms with Crippen LogP contribution in [0.1, 0.15) is 62.5 Å². The van der Waals surface area contributed by atoms with Crippen molar-refractivity contribution in [2.24, 2.45) is 5.92 Å². The molecule has 34 heavy (non-hydrogen) atoms. The van der Waals surface area contributed by atoms with E-state index in [0.29, 0.717) is 30.3 Å². The average molecular weight is 464 g/mol. The summed E-state index contributed by atoms with van der Waals surface area (Å²) in [5, 5.41) is 3.32. The minimum absolute atomic E-state index is 0.107. The fourth-order valence-electron chi connectivity index (χ4n) is 5.48. The molecule has 0 saturated heterocycles. The molecular weight excluding hydrogens is 430 g/mol. The van der Waals surface area contributed by atoms with E-state index in [0.717, 1.165) is 36.1 Å². The third-order valence-electron chi connectivity index (χ3n) is 7.57. The molecule has 1 fully saturated rings. The van der Waals surface area contributed by atoms with Gasteiger partial charge in [0.15, 0.2) is 5.58 Å². The molecule has 1 saturated carbocycles. The summed E-state index contributed by atoms with van der Waals surface area (Å²) in [5.41, 5.74) is 1.85. The van der Waals surface area contributed by atoms with Crippen LogP contribution in [0.2, 0.25) is 0 Å². The van der Waals surface area contributed by atoms with E-state index in [1.165, 1.54) is 6.42 Å². The lowest BCUT2D eigenvalue weighted by Gasteiger charge is -2.45. The second-order valence-corrected chi connectivity index (χ2v) is 9.83. The first kappa shape index (κ1) is 22.6. The van der Waals surface area contributed by atoms with Gasteiger partial charge in [0, 0.05) is 23.7 Å². The summed E-state index contributed by atoms with van der Waals surface area (Å²) in [6, 6.07) is 11.5. The number of aromatic nitrogens is 1. The summed E-state index contributed by atoms with van der Waals surface area (Å²) >= 11 is 0. The number of furan rings is 1. The summed E-state index contributed by atoms with van der Waals surface area (Å²) in [6.45, 7) is 7.20. The third kappa shape index (κ3) is 3.77. The maximum Gasteiger partial charge on any atom is 0.271 e. The van der Waals surface area contributed by atoms with E-state index in [2.05, 4.69) is 12.2 Å². The van der Waals surface area contributed by atoms with Crippen molar-refractivity contribution in [3.63, 3.8) is 0 Å². The summed E-state index contributed by atoms with van der Waals surface area (Å²) in [4.78, 5) is 29.5. The summed E-state index contributed by atoms with van der Waals surface area (Å²) in [6.07, 6.45) is 6.03. The topological polar surface area (TPSA) is 76.7 Å². The Morgan fingerprint density at radius 2 is 2.03 bits per heavy atom. The van der Waals surface area contributed by atoms with Gasteiger partial charge in [-0.1, -0.05) is 38.0 Å². The zero-order valence-electron chi connectivity index (χ0n) is 20.2. The number of ether oxygens (including phenoxy) is 1. The van der Waals surface area contributed by atoms with Crippen LogP contribution in [0.15, 0.2) is 47.1 Å². The molecule has 5 rings (SSSR count). The SMILES string of the molecule is CCOc1ccccc1CN1C(=O)c2cc3occc3n2C[C@]1(C)C(=O)N[C@@H]1CCCC[C@@H]1C. The molecular formula is C27H33N3O4. The molecule has 2 aromatic heterocycles. The minimum Gasteiger partial charge on any atom is -0.494 e. The van der Waals surface area contributed by atoms with Crippen LogP contribution in [0.5, 0.6) is 5.75 Å². The Bertz CT molecular complexity index is 1210. The number of fused-ring (bicyclic) bond motifs is 3. The van der Waals surface area contributed by atoms with Crippen molar-refractivity contribution in [2.45, 2.75) is 71.1 Å². The quantitative estimate of drug-likeness (QED) is 0.573. The van der Waals surface area contributed by atoms with Crippen LogP contribution in [0.4, 0.5) is 0 Å². The van der Waals surface area contributed by atoms with Gasteiger partial charge >= 0.3 is 0 Å². The zero-order chi connectivity index (χ0) is 23.9. The van der Waals surface area contributed by atoms with Gasteiger partial charge in [0.25, 0.3) is 5.91 Å². The second kappa shape index (κ2) is 8.85. The molecule has 0 spiro atoms. The van der Waals surface area contributed by atoms with Gasteiger partial charge in [-0.25, -0.2) is 0 Å². The second-order valence-electron chi connectivity index (χ2n) is 9.83. The largest absolute Gasteiger partial charge is 0.494 e. The average Bonchev–Trinajstić information content (AvgIpc) is 3.42. The number of hydrogen-bond acceptors (Lipinski definition) is 4. The van der Waals surface area contributed by atoms with Crippen molar-refractivity contribution < 1.29 is 18.7 Å². The van der Waals surface area contributed by atoms with E-state index < -0.39 is 5.54 Å². The Kier molecular flexibility index (Phi) is 5.88. The maximum atomic E-state index is 13.9. The molecule has 1 N–H and O–H groups in total. The number of rotatable bonds is 6. The highest BCUT2D eigenvalue weighted by molar-refractivity contribution is 6.03. The number of carbonyl (C=O) groups excluding carboxylic acids is 2. The van der Waals surface area contributed by atoms with Crippen molar-refractivity contribution in [1.29, 1.82) is 0 Å². The molecule has 3 heterocycles. The predicted octanol–water partition coefficient (Wildman–Crippen LogP) is 4.74. The van der Waals surface area contributed by atoms with Crippen LogP contribution in [0.3, 0.4) is 0 Å². The predicted molar refractivity (Wildman–Crippen MR) is 130 cm³/mol. The lowest BCUT2D eigenvalue weighted by molar-refractivity contribution is -0.134. The highest BCUT2D eigenvalue weighted by Gasteiger charge is 2.48. The minimum atomic E-state index is -1.07. The number of carbonyl (C=O) groups is 2. The number of para-hydroxylation sites is 1. The molecule has 1 aliphatic heterocycles. The van der Waals surface area contributed by atoms with Crippen LogP contribution >= 0.6 is 0 Å². The third-order valence-corrected chi connectivity index (χ3v) is 7.57. The Morgan fingerprint density at radius 3 is 2.82 bits per heavy atom. The van der Waals surface area contributed by atoms with E-state index in [1.54, 1.807) is 17.2 Å². The first-order chi connectivity index (χ1) is 16.4. The van der Waals surface area contributed by atoms with Crippen molar-refractivity contribution in [2.75, 3.05) is 6.61 Å². The van der Waals surface area contributed by atoms with Crippen LogP contribution in [-0.2, 0) is 17.9 Å². The molecule has 3 atom stereocenters. The van der Waals surface area contributed by atoms with Crippen LogP contribution in [0, 0.1) is 5.92 Å². The Hall–Kier alpha value is -3.22. The van der Waals surface area contributed by atoms with Crippen molar-refractivity contribution in [3.05, 3.63) is 53.9 Å². The molecule has 0 unspecified atom stereocenters. The standard InChI is InChI=1S/C27H33N3O4/c1-4-33-23-12-8-6-10-19(23)16-30-25(31)22-15-24-21(13-14-34-24)29(22)17-27(30,3)26(32)28-20-11-7-5-9-18(20)2/h6,8,10,12-15,18,20H,4-5,7,9,11,16-17H2,1-3H3,(H,28,32)/t18-,20+,27+/m0/s1. The van der Waals surface area contributed by atoms with Crippen molar-refractivity contribution in [1.82, 2.24) is 14.8 Å². The van der Waals surface area contributed by atoms with Crippen LogP contribution in [-0.4, -0.2) is 39.5 Å².